The number of nitrogens with one attached hydrogen (secondary N) is 1. The zero-order chi connectivity index (χ0) is 21.0. The van der Waals surface area contributed by atoms with E-state index in [0.29, 0.717) is 11.1 Å². The van der Waals surface area contributed by atoms with E-state index >= 15 is 0 Å². The highest BCUT2D eigenvalue weighted by Gasteiger charge is 2.18. The minimum Gasteiger partial charge on any atom is -0.403 e. The Hall–Kier alpha value is -2.69. The number of rotatable bonds is 7. The van der Waals surface area contributed by atoms with Crippen molar-refractivity contribution in [2.24, 2.45) is 0 Å². The van der Waals surface area contributed by atoms with E-state index in [1.165, 1.54) is 26.2 Å². The van der Waals surface area contributed by atoms with Crippen LogP contribution in [0.2, 0.25) is 0 Å². The Bertz CT molecular complexity index is 1110. The molecule has 0 fully saturated rings. The van der Waals surface area contributed by atoms with Gasteiger partial charge < -0.3 is 4.42 Å². The third-order valence-corrected chi connectivity index (χ3v) is 6.74. The molecule has 0 aliphatic heterocycles. The molecule has 8 nitrogen and oxygen atoms in total. The van der Waals surface area contributed by atoms with Gasteiger partial charge in [0.1, 0.15) is 0 Å². The Morgan fingerprint density at radius 1 is 1.10 bits per heavy atom. The first-order valence-corrected chi connectivity index (χ1v) is 11.1. The van der Waals surface area contributed by atoms with Crippen LogP contribution in [-0.2, 0) is 10.0 Å². The highest BCUT2D eigenvalue weighted by molar-refractivity contribution is 7.99. The van der Waals surface area contributed by atoms with Crippen LogP contribution < -0.4 is 5.32 Å². The third-order valence-electron chi connectivity index (χ3n) is 3.96. The van der Waals surface area contributed by atoms with Crippen molar-refractivity contribution in [2.75, 3.05) is 25.2 Å². The van der Waals surface area contributed by atoms with Gasteiger partial charge in [-0.25, -0.2) is 12.7 Å². The van der Waals surface area contributed by atoms with Gasteiger partial charge in [-0.05, 0) is 42.2 Å². The minimum atomic E-state index is -3.52. The molecule has 1 heterocycles. The molecule has 0 saturated heterocycles. The second-order valence-corrected chi connectivity index (χ2v) is 9.57. The Kier molecular flexibility index (Phi) is 6.36. The molecule has 10 heteroatoms. The van der Waals surface area contributed by atoms with Crippen molar-refractivity contribution in [1.29, 1.82) is 0 Å². The molecule has 2 aromatic carbocycles. The van der Waals surface area contributed by atoms with Gasteiger partial charge >= 0.3 is 6.01 Å². The summed E-state index contributed by atoms with van der Waals surface area (Å²) < 4.78 is 30.9. The monoisotopic (exact) mass is 432 g/mol. The fourth-order valence-electron chi connectivity index (χ4n) is 2.47. The Balaban J connectivity index is 1.77. The fraction of sp³-hybridized carbons (Fsp3) is 0.211. The number of aromatic nitrogens is 2. The lowest BCUT2D eigenvalue weighted by molar-refractivity contribution is 0.102. The number of hydrogen-bond donors (Lipinski definition) is 1. The van der Waals surface area contributed by atoms with Gasteiger partial charge in [-0.3, -0.25) is 10.1 Å². The maximum absolute atomic E-state index is 12.6. The highest BCUT2D eigenvalue weighted by atomic mass is 32.2. The zero-order valence-corrected chi connectivity index (χ0v) is 17.8. The van der Waals surface area contributed by atoms with Gasteiger partial charge in [0.05, 0.1) is 10.5 Å². The molecule has 0 aliphatic rings. The van der Waals surface area contributed by atoms with Crippen LogP contribution in [0.3, 0.4) is 0 Å². The molecule has 1 amide bonds. The van der Waals surface area contributed by atoms with Gasteiger partial charge in [0.2, 0.25) is 15.9 Å². The number of benzene rings is 2. The number of nitrogens with zero attached hydrogens (tertiary/aromatic N) is 3. The molecule has 152 valence electrons. The van der Waals surface area contributed by atoms with E-state index < -0.39 is 10.0 Å². The van der Waals surface area contributed by atoms with Crippen molar-refractivity contribution in [3.05, 3.63) is 54.1 Å². The lowest BCUT2D eigenvalue weighted by atomic mass is 10.2. The maximum Gasteiger partial charge on any atom is 0.322 e. The van der Waals surface area contributed by atoms with Gasteiger partial charge in [0, 0.05) is 24.6 Å². The third kappa shape index (κ3) is 4.66. The maximum atomic E-state index is 12.6. The molecule has 0 atom stereocenters. The SMILES string of the molecule is CCSc1ccccc1C(=O)Nc1nnc(-c2ccc(S(=O)(=O)N(C)C)cc2)o1. The topological polar surface area (TPSA) is 105 Å². The van der Waals surface area contributed by atoms with Crippen molar-refractivity contribution in [1.82, 2.24) is 14.5 Å². The molecule has 0 bridgehead atoms. The summed E-state index contributed by atoms with van der Waals surface area (Å²) in [5.74, 6) is 0.670. The van der Waals surface area contributed by atoms with Crippen molar-refractivity contribution in [2.45, 2.75) is 16.7 Å². The van der Waals surface area contributed by atoms with Crippen molar-refractivity contribution < 1.29 is 17.6 Å². The Labute approximate surface area is 173 Å². The summed E-state index contributed by atoms with van der Waals surface area (Å²) in [6.07, 6.45) is 0. The van der Waals surface area contributed by atoms with E-state index in [9.17, 15) is 13.2 Å². The summed E-state index contributed by atoms with van der Waals surface area (Å²) in [5, 5.41) is 10.4. The van der Waals surface area contributed by atoms with Gasteiger partial charge in [-0.2, -0.15) is 0 Å². The van der Waals surface area contributed by atoms with Gasteiger partial charge in [-0.15, -0.1) is 16.9 Å². The summed E-state index contributed by atoms with van der Waals surface area (Å²) in [6.45, 7) is 2.01. The Morgan fingerprint density at radius 2 is 1.79 bits per heavy atom. The largest absolute Gasteiger partial charge is 0.403 e. The molecule has 0 unspecified atom stereocenters. The first-order chi connectivity index (χ1) is 13.8. The Morgan fingerprint density at radius 3 is 2.45 bits per heavy atom. The number of carbonyl (C=O) groups is 1. The number of carbonyl (C=O) groups excluding carboxylic acids is 1. The quantitative estimate of drug-likeness (QED) is 0.571. The molecule has 3 aromatic rings. The van der Waals surface area contributed by atoms with E-state index in [2.05, 4.69) is 15.5 Å². The molecule has 0 spiro atoms. The predicted octanol–water partition coefficient (Wildman–Crippen LogP) is 3.35. The summed E-state index contributed by atoms with van der Waals surface area (Å²) in [6, 6.07) is 13.3. The van der Waals surface area contributed by atoms with Gasteiger partial charge in [0.25, 0.3) is 5.91 Å². The van der Waals surface area contributed by atoms with Crippen molar-refractivity contribution >= 4 is 33.7 Å². The first kappa shape index (κ1) is 21.0. The molecule has 1 N–H and O–H groups in total. The smallest absolute Gasteiger partial charge is 0.322 e. The highest BCUT2D eigenvalue weighted by Crippen LogP contribution is 2.25. The van der Waals surface area contributed by atoms with E-state index in [4.69, 9.17) is 4.42 Å². The normalized spacial score (nSPS) is 11.6. The molecule has 0 saturated carbocycles. The lowest BCUT2D eigenvalue weighted by Crippen LogP contribution is -2.22. The average molecular weight is 433 g/mol. The molecule has 1 aromatic heterocycles. The number of sulfonamides is 1. The van der Waals surface area contributed by atoms with E-state index in [0.717, 1.165) is 15.0 Å². The van der Waals surface area contributed by atoms with Crippen LogP contribution in [0, 0.1) is 0 Å². The molecular weight excluding hydrogens is 412 g/mol. The van der Waals surface area contributed by atoms with Crippen LogP contribution in [0.5, 0.6) is 0 Å². The fourth-order valence-corrected chi connectivity index (χ4v) is 4.17. The number of amides is 1. The molecular formula is C19H20N4O4S2. The standard InChI is InChI=1S/C19H20N4O4S2/c1-4-28-16-8-6-5-7-15(16)17(24)20-19-22-21-18(27-19)13-9-11-14(12-10-13)29(25,26)23(2)3/h5-12H,4H2,1-3H3,(H,20,22,24). The van der Waals surface area contributed by atoms with E-state index in [-0.39, 0.29) is 22.7 Å². The second-order valence-electron chi connectivity index (χ2n) is 6.11. The summed E-state index contributed by atoms with van der Waals surface area (Å²) in [5.41, 5.74) is 1.06. The minimum absolute atomic E-state index is 0.0358. The summed E-state index contributed by atoms with van der Waals surface area (Å²) >= 11 is 1.57. The van der Waals surface area contributed by atoms with Crippen LogP contribution in [0.1, 0.15) is 17.3 Å². The van der Waals surface area contributed by atoms with Crippen molar-refractivity contribution in [3.63, 3.8) is 0 Å². The van der Waals surface area contributed by atoms with Crippen LogP contribution >= 0.6 is 11.8 Å². The number of hydrogen-bond acceptors (Lipinski definition) is 7. The van der Waals surface area contributed by atoms with Crippen LogP contribution in [0.15, 0.2) is 62.7 Å². The molecule has 0 radical (unpaired) electrons. The van der Waals surface area contributed by atoms with E-state index in [1.54, 1.807) is 36.0 Å². The number of thioether (sulfide) groups is 1. The van der Waals surface area contributed by atoms with Gasteiger partial charge in [-0.1, -0.05) is 24.2 Å². The number of anilines is 1. The van der Waals surface area contributed by atoms with Crippen LogP contribution in [-0.4, -0.2) is 48.7 Å². The molecule has 0 aliphatic carbocycles. The summed E-state index contributed by atoms with van der Waals surface area (Å²) in [7, 11) is -0.587. The first-order valence-electron chi connectivity index (χ1n) is 8.72. The summed E-state index contributed by atoms with van der Waals surface area (Å²) in [4.78, 5) is 13.6. The van der Waals surface area contributed by atoms with Crippen molar-refractivity contribution in [3.8, 4) is 11.5 Å². The second kappa shape index (κ2) is 8.76. The predicted molar refractivity (Wildman–Crippen MR) is 111 cm³/mol. The molecule has 29 heavy (non-hydrogen) atoms. The van der Waals surface area contributed by atoms with E-state index in [1.807, 2.05) is 19.1 Å². The zero-order valence-electron chi connectivity index (χ0n) is 16.1. The van der Waals surface area contributed by atoms with Crippen LogP contribution in [0.4, 0.5) is 6.01 Å². The average Bonchev–Trinajstić information content (AvgIpc) is 3.17. The lowest BCUT2D eigenvalue weighted by Gasteiger charge is -2.11. The van der Waals surface area contributed by atoms with Crippen LogP contribution in [0.25, 0.3) is 11.5 Å². The van der Waals surface area contributed by atoms with Gasteiger partial charge in [0.15, 0.2) is 0 Å². The molecule has 3 rings (SSSR count).